The second kappa shape index (κ2) is 9.48. The lowest BCUT2D eigenvalue weighted by Gasteiger charge is -2.30. The Hall–Kier alpha value is -1.44. The molecule has 0 bridgehead atoms. The molecular formula is C19H31N3O3S. The van der Waals surface area contributed by atoms with Gasteiger partial charge in [0.2, 0.25) is 10.0 Å². The van der Waals surface area contributed by atoms with E-state index < -0.39 is 10.0 Å². The first-order valence-electron chi connectivity index (χ1n) is 9.49. The topological polar surface area (TPSA) is 69.7 Å². The van der Waals surface area contributed by atoms with Crippen molar-refractivity contribution in [2.24, 2.45) is 5.92 Å². The zero-order chi connectivity index (χ0) is 19.2. The first kappa shape index (κ1) is 20.9. The van der Waals surface area contributed by atoms with E-state index in [4.69, 9.17) is 0 Å². The van der Waals surface area contributed by atoms with Crippen molar-refractivity contribution >= 4 is 15.9 Å². The van der Waals surface area contributed by atoms with Crippen LogP contribution in [-0.2, 0) is 10.0 Å². The third kappa shape index (κ3) is 5.28. The number of carbonyl (C=O) groups excluding carboxylic acids is 1. The summed E-state index contributed by atoms with van der Waals surface area (Å²) in [5, 5.41) is 2.88. The lowest BCUT2D eigenvalue weighted by Crippen LogP contribution is -2.39. The van der Waals surface area contributed by atoms with E-state index in [2.05, 4.69) is 31.0 Å². The highest BCUT2D eigenvalue weighted by Gasteiger charge is 2.28. The van der Waals surface area contributed by atoms with Crippen LogP contribution >= 0.6 is 0 Å². The fraction of sp³-hybridized carbons (Fsp3) is 0.632. The quantitative estimate of drug-likeness (QED) is 0.749. The molecule has 0 saturated carbocycles. The van der Waals surface area contributed by atoms with E-state index in [0.29, 0.717) is 31.1 Å². The summed E-state index contributed by atoms with van der Waals surface area (Å²) in [5.41, 5.74) is 0.482. The molecule has 0 spiro atoms. The van der Waals surface area contributed by atoms with Crippen LogP contribution in [0.2, 0.25) is 0 Å². The second-order valence-electron chi connectivity index (χ2n) is 6.92. The molecule has 6 nitrogen and oxygen atoms in total. The molecular weight excluding hydrogens is 350 g/mol. The summed E-state index contributed by atoms with van der Waals surface area (Å²) in [6.45, 7) is 10.7. The Bertz CT molecular complexity index is 684. The Balaban J connectivity index is 1.97. The number of nitrogens with one attached hydrogen (secondary N) is 1. The lowest BCUT2D eigenvalue weighted by atomic mass is 10.0. The van der Waals surface area contributed by atoms with E-state index in [-0.39, 0.29) is 10.8 Å². The van der Waals surface area contributed by atoms with Gasteiger partial charge in [0.15, 0.2) is 0 Å². The van der Waals surface area contributed by atoms with Crippen molar-refractivity contribution in [3.63, 3.8) is 0 Å². The zero-order valence-electron chi connectivity index (χ0n) is 16.1. The van der Waals surface area contributed by atoms with Crippen LogP contribution in [0.15, 0.2) is 29.2 Å². The number of sulfonamides is 1. The third-order valence-corrected chi connectivity index (χ3v) is 6.86. The van der Waals surface area contributed by atoms with Crippen LogP contribution in [0.4, 0.5) is 0 Å². The van der Waals surface area contributed by atoms with Gasteiger partial charge in [0.05, 0.1) is 4.90 Å². The standard InChI is InChI=1S/C19H31N3O3S/c1-4-21(5-2)14-12-20-19(23)17-8-10-18(11-9-17)26(24,25)22-13-6-7-16(3)15-22/h8-11,16H,4-7,12-15H2,1-3H3,(H,20,23)/t16-/m1/s1. The predicted octanol–water partition coefficient (Wildman–Crippen LogP) is 2.18. The minimum absolute atomic E-state index is 0.173. The number of hydrogen-bond donors (Lipinski definition) is 1. The molecule has 1 saturated heterocycles. The third-order valence-electron chi connectivity index (χ3n) is 4.98. The van der Waals surface area contributed by atoms with Crippen LogP contribution in [0.1, 0.15) is 44.0 Å². The van der Waals surface area contributed by atoms with Gasteiger partial charge in [-0.15, -0.1) is 0 Å². The van der Waals surface area contributed by atoms with Crippen LogP contribution in [0.25, 0.3) is 0 Å². The van der Waals surface area contributed by atoms with Gasteiger partial charge in [-0.2, -0.15) is 4.31 Å². The fourth-order valence-corrected chi connectivity index (χ4v) is 4.86. The Morgan fingerprint density at radius 3 is 2.46 bits per heavy atom. The van der Waals surface area contributed by atoms with Gasteiger partial charge in [0, 0.05) is 31.7 Å². The molecule has 146 valence electrons. The predicted molar refractivity (Wildman–Crippen MR) is 104 cm³/mol. The minimum Gasteiger partial charge on any atom is -0.351 e. The van der Waals surface area contributed by atoms with Crippen LogP contribution in [0, 0.1) is 5.92 Å². The Morgan fingerprint density at radius 1 is 1.23 bits per heavy atom. The molecule has 0 radical (unpaired) electrons. The highest BCUT2D eigenvalue weighted by atomic mass is 32.2. The summed E-state index contributed by atoms with van der Waals surface area (Å²) in [6, 6.07) is 6.25. The molecule has 7 heteroatoms. The average molecular weight is 382 g/mol. The summed E-state index contributed by atoms with van der Waals surface area (Å²) in [7, 11) is -3.48. The van der Waals surface area contributed by atoms with Crippen molar-refractivity contribution in [1.82, 2.24) is 14.5 Å². The second-order valence-corrected chi connectivity index (χ2v) is 8.86. The van der Waals surface area contributed by atoms with Crippen molar-refractivity contribution in [2.75, 3.05) is 39.3 Å². The smallest absolute Gasteiger partial charge is 0.251 e. The Kier molecular flexibility index (Phi) is 7.61. The van der Waals surface area contributed by atoms with Gasteiger partial charge in [-0.25, -0.2) is 8.42 Å². The highest BCUT2D eigenvalue weighted by Crippen LogP contribution is 2.23. The summed E-state index contributed by atoms with van der Waals surface area (Å²) < 4.78 is 27.0. The maximum absolute atomic E-state index is 12.7. The van der Waals surface area contributed by atoms with E-state index in [1.54, 1.807) is 16.4 Å². The molecule has 1 N–H and O–H groups in total. The van der Waals surface area contributed by atoms with E-state index in [1.165, 1.54) is 12.1 Å². The molecule has 2 rings (SSSR count). The van der Waals surface area contributed by atoms with Gasteiger partial charge in [-0.05, 0) is 56.1 Å². The van der Waals surface area contributed by atoms with Crippen molar-refractivity contribution in [2.45, 2.75) is 38.5 Å². The Labute approximate surface area is 157 Å². The number of nitrogens with zero attached hydrogens (tertiary/aromatic N) is 2. The first-order chi connectivity index (χ1) is 12.4. The summed E-state index contributed by atoms with van der Waals surface area (Å²) in [6.07, 6.45) is 1.96. The molecule has 1 aromatic rings. The minimum atomic E-state index is -3.48. The summed E-state index contributed by atoms with van der Waals surface area (Å²) in [5.74, 6) is 0.210. The maximum Gasteiger partial charge on any atom is 0.251 e. The molecule has 1 amide bonds. The van der Waals surface area contributed by atoms with Gasteiger partial charge in [-0.1, -0.05) is 20.8 Å². The number of likely N-dealkylation sites (N-methyl/N-ethyl adjacent to an activating group) is 1. The van der Waals surface area contributed by atoms with Gasteiger partial charge in [-0.3, -0.25) is 4.79 Å². The van der Waals surface area contributed by atoms with E-state index in [1.807, 2.05) is 0 Å². The average Bonchev–Trinajstić information content (AvgIpc) is 2.65. The van der Waals surface area contributed by atoms with Gasteiger partial charge in [0.25, 0.3) is 5.91 Å². The molecule has 1 aliphatic rings. The van der Waals surface area contributed by atoms with Gasteiger partial charge < -0.3 is 10.2 Å². The monoisotopic (exact) mass is 381 g/mol. The fourth-order valence-electron chi connectivity index (χ4n) is 3.26. The van der Waals surface area contributed by atoms with E-state index >= 15 is 0 Å². The molecule has 0 aliphatic carbocycles. The van der Waals surface area contributed by atoms with Crippen LogP contribution in [0.3, 0.4) is 0 Å². The Morgan fingerprint density at radius 2 is 1.88 bits per heavy atom. The van der Waals surface area contributed by atoms with Crippen molar-refractivity contribution < 1.29 is 13.2 Å². The first-order valence-corrected chi connectivity index (χ1v) is 10.9. The molecule has 0 unspecified atom stereocenters. The highest BCUT2D eigenvalue weighted by molar-refractivity contribution is 7.89. The SMILES string of the molecule is CCN(CC)CCNC(=O)c1ccc(S(=O)(=O)N2CCC[C@@H](C)C2)cc1. The molecule has 1 heterocycles. The normalized spacial score (nSPS) is 18.8. The maximum atomic E-state index is 12.7. The number of rotatable bonds is 8. The molecule has 1 fully saturated rings. The largest absolute Gasteiger partial charge is 0.351 e. The zero-order valence-corrected chi connectivity index (χ0v) is 16.9. The van der Waals surface area contributed by atoms with E-state index in [0.717, 1.165) is 32.5 Å². The summed E-state index contributed by atoms with van der Waals surface area (Å²) >= 11 is 0. The molecule has 26 heavy (non-hydrogen) atoms. The van der Waals surface area contributed by atoms with Gasteiger partial charge >= 0.3 is 0 Å². The lowest BCUT2D eigenvalue weighted by molar-refractivity contribution is 0.0949. The summed E-state index contributed by atoms with van der Waals surface area (Å²) in [4.78, 5) is 14.7. The van der Waals surface area contributed by atoms with Crippen LogP contribution < -0.4 is 5.32 Å². The number of hydrogen-bond acceptors (Lipinski definition) is 4. The molecule has 0 aromatic heterocycles. The van der Waals surface area contributed by atoms with Crippen molar-refractivity contribution in [1.29, 1.82) is 0 Å². The van der Waals surface area contributed by atoms with Gasteiger partial charge in [0.1, 0.15) is 0 Å². The molecule has 1 aromatic carbocycles. The number of amides is 1. The number of piperidine rings is 1. The van der Waals surface area contributed by atoms with Crippen LogP contribution in [0.5, 0.6) is 0 Å². The number of benzene rings is 1. The molecule has 1 atom stereocenters. The van der Waals surface area contributed by atoms with Crippen molar-refractivity contribution in [3.05, 3.63) is 29.8 Å². The molecule has 1 aliphatic heterocycles. The van der Waals surface area contributed by atoms with Crippen LogP contribution in [-0.4, -0.2) is 62.8 Å². The van der Waals surface area contributed by atoms with Crippen molar-refractivity contribution in [3.8, 4) is 0 Å². The van der Waals surface area contributed by atoms with E-state index in [9.17, 15) is 13.2 Å². The number of carbonyl (C=O) groups is 1.